The van der Waals surface area contributed by atoms with Crippen molar-refractivity contribution < 1.29 is 4.42 Å². The predicted molar refractivity (Wildman–Crippen MR) is 225 cm³/mol. The fraction of sp³-hybridized carbons (Fsp3) is 0.0385. The number of furan rings is 1. The third-order valence-electron chi connectivity index (χ3n) is 11.3. The van der Waals surface area contributed by atoms with Crippen LogP contribution in [-0.2, 0) is 6.42 Å². The summed E-state index contributed by atoms with van der Waals surface area (Å²) in [4.78, 5) is 0. The fourth-order valence-electron chi connectivity index (χ4n) is 8.92. The minimum absolute atomic E-state index is 0.998. The summed E-state index contributed by atoms with van der Waals surface area (Å²) in [5, 5.41) is 11.2. The zero-order valence-corrected chi connectivity index (χ0v) is 29.1. The molecule has 0 N–H and O–H groups in total. The van der Waals surface area contributed by atoms with Gasteiger partial charge < -0.3 is 4.42 Å². The Hall–Kier alpha value is -6.70. The lowest BCUT2D eigenvalue weighted by Gasteiger charge is -2.18. The van der Waals surface area contributed by atoms with Crippen molar-refractivity contribution in [3.63, 3.8) is 0 Å². The van der Waals surface area contributed by atoms with Crippen LogP contribution in [0.4, 0.5) is 0 Å². The Bertz CT molecular complexity index is 3040. The van der Waals surface area contributed by atoms with Gasteiger partial charge in [0.2, 0.25) is 0 Å². The molecule has 0 atom stereocenters. The molecule has 0 amide bonds. The highest BCUT2D eigenvalue weighted by Gasteiger charge is 2.20. The van der Waals surface area contributed by atoms with E-state index >= 15 is 0 Å². The smallest absolute Gasteiger partial charge is 0.142 e. The summed E-state index contributed by atoms with van der Waals surface area (Å²) in [6.45, 7) is 0. The van der Waals surface area contributed by atoms with Gasteiger partial charge in [-0.1, -0.05) is 164 Å². The van der Waals surface area contributed by atoms with Crippen molar-refractivity contribution in [3.05, 3.63) is 187 Å². The van der Waals surface area contributed by atoms with E-state index in [4.69, 9.17) is 4.42 Å². The largest absolute Gasteiger partial charge is 0.456 e. The molecule has 1 heterocycles. The third-order valence-corrected chi connectivity index (χ3v) is 11.3. The molecule has 53 heavy (non-hydrogen) atoms. The highest BCUT2D eigenvalue weighted by Crippen LogP contribution is 2.46. The Labute approximate surface area is 308 Å². The lowest BCUT2D eigenvalue weighted by atomic mass is 9.85. The minimum Gasteiger partial charge on any atom is -0.456 e. The van der Waals surface area contributed by atoms with Crippen molar-refractivity contribution in [2.45, 2.75) is 12.8 Å². The molecule has 0 saturated heterocycles. The normalized spacial score (nSPS) is 12.7. The summed E-state index contributed by atoms with van der Waals surface area (Å²) in [6, 6.07) is 62.5. The molecular formula is C52H34O. The monoisotopic (exact) mass is 674 g/mol. The van der Waals surface area contributed by atoms with Crippen LogP contribution in [0.5, 0.6) is 0 Å². The molecule has 11 rings (SSSR count). The highest BCUT2D eigenvalue weighted by atomic mass is 16.3. The maximum atomic E-state index is 6.45. The zero-order valence-electron chi connectivity index (χ0n) is 29.1. The Morgan fingerprint density at radius 2 is 0.943 bits per heavy atom. The molecule has 9 aromatic carbocycles. The van der Waals surface area contributed by atoms with Crippen molar-refractivity contribution >= 4 is 60.1 Å². The first-order valence-electron chi connectivity index (χ1n) is 18.6. The van der Waals surface area contributed by atoms with Gasteiger partial charge in [-0.25, -0.2) is 0 Å². The maximum Gasteiger partial charge on any atom is 0.142 e. The van der Waals surface area contributed by atoms with Gasteiger partial charge in [0.15, 0.2) is 0 Å². The zero-order chi connectivity index (χ0) is 34.9. The van der Waals surface area contributed by atoms with E-state index < -0.39 is 0 Å². The second kappa shape index (κ2) is 11.9. The van der Waals surface area contributed by atoms with Gasteiger partial charge in [-0.05, 0) is 113 Å². The number of rotatable bonds is 4. The van der Waals surface area contributed by atoms with Crippen LogP contribution in [0.25, 0.3) is 105 Å². The first-order chi connectivity index (χ1) is 26.3. The van der Waals surface area contributed by atoms with Gasteiger partial charge in [-0.2, -0.15) is 0 Å². The molecule has 1 aliphatic carbocycles. The Balaban J connectivity index is 1.08. The van der Waals surface area contributed by atoms with E-state index in [1.54, 1.807) is 0 Å². The second-order valence-corrected chi connectivity index (χ2v) is 14.3. The van der Waals surface area contributed by atoms with Crippen molar-refractivity contribution in [1.29, 1.82) is 0 Å². The topological polar surface area (TPSA) is 13.1 Å². The summed E-state index contributed by atoms with van der Waals surface area (Å²) in [5.41, 5.74) is 12.3. The molecule has 1 nitrogen and oxygen atoms in total. The molecule has 0 unspecified atom stereocenters. The van der Waals surface area contributed by atoms with Gasteiger partial charge in [0.25, 0.3) is 0 Å². The molecule has 0 radical (unpaired) electrons. The molecular weight excluding hydrogens is 641 g/mol. The number of hydrogen-bond acceptors (Lipinski definition) is 1. The Morgan fingerprint density at radius 1 is 0.377 bits per heavy atom. The van der Waals surface area contributed by atoms with Crippen LogP contribution >= 0.6 is 0 Å². The molecule has 1 aromatic heterocycles. The molecule has 1 heteroatoms. The van der Waals surface area contributed by atoms with Crippen LogP contribution < -0.4 is 0 Å². The molecule has 10 aromatic rings. The van der Waals surface area contributed by atoms with E-state index in [0.29, 0.717) is 0 Å². The summed E-state index contributed by atoms with van der Waals surface area (Å²) < 4.78 is 6.45. The average molecular weight is 675 g/mol. The molecule has 0 fully saturated rings. The van der Waals surface area contributed by atoms with E-state index in [1.807, 2.05) is 0 Å². The number of hydrogen-bond donors (Lipinski definition) is 0. The van der Waals surface area contributed by atoms with E-state index in [9.17, 15) is 0 Å². The molecule has 1 aliphatic rings. The summed E-state index contributed by atoms with van der Waals surface area (Å²) >= 11 is 0. The SMILES string of the molecule is C1=Cc2oc3c(cc(-c4ccc(-c5c6ccccc6c(-c6cccc(-c7cccc8ccccc78)c6)c6ccccc56)cc4)c4ccccc43)c2CC1. The van der Waals surface area contributed by atoms with Crippen molar-refractivity contribution in [1.82, 2.24) is 0 Å². The summed E-state index contributed by atoms with van der Waals surface area (Å²) in [6.07, 6.45) is 6.42. The van der Waals surface area contributed by atoms with Crippen LogP contribution in [0.1, 0.15) is 17.7 Å². The quantitative estimate of drug-likeness (QED) is 0.169. The van der Waals surface area contributed by atoms with E-state index in [2.05, 4.69) is 182 Å². The van der Waals surface area contributed by atoms with E-state index in [0.717, 1.165) is 24.2 Å². The van der Waals surface area contributed by atoms with Crippen LogP contribution in [0.2, 0.25) is 0 Å². The second-order valence-electron chi connectivity index (χ2n) is 14.3. The highest BCUT2D eigenvalue weighted by molar-refractivity contribution is 6.22. The van der Waals surface area contributed by atoms with E-state index in [1.165, 1.54) is 98.5 Å². The van der Waals surface area contributed by atoms with Crippen molar-refractivity contribution in [2.75, 3.05) is 0 Å². The number of allylic oxidation sites excluding steroid dienone is 1. The Morgan fingerprint density at radius 3 is 1.68 bits per heavy atom. The lowest BCUT2D eigenvalue weighted by Crippen LogP contribution is -1.92. The third kappa shape index (κ3) is 4.71. The average Bonchev–Trinajstić information content (AvgIpc) is 3.61. The minimum atomic E-state index is 0.998. The van der Waals surface area contributed by atoms with Gasteiger partial charge in [0.1, 0.15) is 11.3 Å². The van der Waals surface area contributed by atoms with E-state index in [-0.39, 0.29) is 0 Å². The van der Waals surface area contributed by atoms with Gasteiger partial charge >= 0.3 is 0 Å². The van der Waals surface area contributed by atoms with Crippen LogP contribution in [0, 0.1) is 0 Å². The maximum absolute atomic E-state index is 6.45. The Kier molecular flexibility index (Phi) is 6.75. The standard InChI is InChI=1S/C52H34O/c1-2-17-38-33(13-1)14-12-25-39(38)36-15-11-16-37(31-36)51-44-22-6-4-20-42(44)50(43-21-5-7-23-45(43)51)35-29-27-34(28-30-35)47-32-48-41-19-9-10-26-49(41)53-52(48)46-24-8-3-18-40(46)47/h1-8,10-18,20-32H,9,19H2. The molecule has 0 saturated carbocycles. The molecule has 248 valence electrons. The molecule has 0 aliphatic heterocycles. The number of benzene rings is 9. The van der Waals surface area contributed by atoms with Gasteiger partial charge in [-0.15, -0.1) is 0 Å². The van der Waals surface area contributed by atoms with Crippen molar-refractivity contribution in [3.8, 4) is 44.5 Å². The summed E-state index contributed by atoms with van der Waals surface area (Å²) in [5.74, 6) is 1.01. The molecule has 0 bridgehead atoms. The summed E-state index contributed by atoms with van der Waals surface area (Å²) in [7, 11) is 0. The predicted octanol–water partition coefficient (Wildman–Crippen LogP) is 14.7. The van der Waals surface area contributed by atoms with Gasteiger partial charge in [0.05, 0.1) is 0 Å². The first-order valence-corrected chi connectivity index (χ1v) is 18.6. The molecule has 0 spiro atoms. The van der Waals surface area contributed by atoms with Crippen LogP contribution in [0.15, 0.2) is 180 Å². The number of aryl methyl sites for hydroxylation is 1. The van der Waals surface area contributed by atoms with Gasteiger partial charge in [0, 0.05) is 16.3 Å². The lowest BCUT2D eigenvalue weighted by molar-refractivity contribution is 0.598. The van der Waals surface area contributed by atoms with Crippen molar-refractivity contribution in [2.24, 2.45) is 0 Å². The van der Waals surface area contributed by atoms with Crippen LogP contribution in [0.3, 0.4) is 0 Å². The van der Waals surface area contributed by atoms with Gasteiger partial charge in [-0.3, -0.25) is 0 Å². The number of fused-ring (bicyclic) bond motifs is 8. The van der Waals surface area contributed by atoms with Crippen LogP contribution in [-0.4, -0.2) is 0 Å². The fourth-order valence-corrected chi connectivity index (χ4v) is 8.92. The first kappa shape index (κ1) is 30.0.